The number of piperazine rings is 1. The fourth-order valence-corrected chi connectivity index (χ4v) is 2.63. The van der Waals surface area contributed by atoms with Gasteiger partial charge in [0.1, 0.15) is 6.67 Å². The molecule has 0 atom stereocenters. The summed E-state index contributed by atoms with van der Waals surface area (Å²) in [6.45, 7) is 7.23. The van der Waals surface area contributed by atoms with Gasteiger partial charge < -0.3 is 15.1 Å². The number of nitrogens with zero attached hydrogens (tertiary/aromatic N) is 3. The van der Waals surface area contributed by atoms with E-state index >= 15 is 0 Å². The van der Waals surface area contributed by atoms with E-state index in [0.717, 1.165) is 26.2 Å². The molecule has 100 valence electrons. The predicted molar refractivity (Wildman–Crippen MR) is 81.2 cm³/mol. The van der Waals surface area contributed by atoms with Crippen molar-refractivity contribution in [1.82, 2.24) is 5.32 Å². The lowest BCUT2D eigenvalue weighted by atomic mass is 10.1. The normalized spacial score (nSPS) is 19.0. The summed E-state index contributed by atoms with van der Waals surface area (Å²) in [5.74, 6) is 0. The standard InChI is InChI=1S/C15H20N4/c1-13-11-14(19-8-2-5-17-12-19)3-4-15(13)18-9-6-16-7-10-18/h2-5,8,11,16H,6-7,9-10,12H2,1H3. The van der Waals surface area contributed by atoms with Crippen molar-refractivity contribution in [3.8, 4) is 0 Å². The Balaban J connectivity index is 1.81. The van der Waals surface area contributed by atoms with E-state index in [1.165, 1.54) is 16.9 Å². The van der Waals surface area contributed by atoms with Crippen LogP contribution in [0.25, 0.3) is 0 Å². The van der Waals surface area contributed by atoms with Crippen molar-refractivity contribution in [3.63, 3.8) is 0 Å². The molecule has 1 N–H and O–H groups in total. The maximum Gasteiger partial charge on any atom is 0.114 e. The molecule has 0 saturated carbocycles. The highest BCUT2D eigenvalue weighted by Gasteiger charge is 2.13. The lowest BCUT2D eigenvalue weighted by Gasteiger charge is -2.31. The summed E-state index contributed by atoms with van der Waals surface area (Å²) >= 11 is 0. The first kappa shape index (κ1) is 12.2. The van der Waals surface area contributed by atoms with Crippen molar-refractivity contribution in [1.29, 1.82) is 0 Å². The number of allylic oxidation sites excluding steroid dienone is 1. The largest absolute Gasteiger partial charge is 0.369 e. The predicted octanol–water partition coefficient (Wildman–Crippen LogP) is 1.77. The minimum Gasteiger partial charge on any atom is -0.369 e. The molecule has 4 heteroatoms. The minimum absolute atomic E-state index is 0.711. The van der Waals surface area contributed by atoms with Crippen molar-refractivity contribution < 1.29 is 0 Å². The van der Waals surface area contributed by atoms with Crippen LogP contribution in [0, 0.1) is 6.92 Å². The lowest BCUT2D eigenvalue weighted by Crippen LogP contribution is -2.43. The molecule has 2 aliphatic rings. The molecule has 1 aromatic rings. The first-order chi connectivity index (χ1) is 9.34. The van der Waals surface area contributed by atoms with Crippen LogP contribution in [0.15, 0.2) is 35.5 Å². The molecule has 1 saturated heterocycles. The fourth-order valence-electron chi connectivity index (χ4n) is 2.63. The summed E-state index contributed by atoms with van der Waals surface area (Å²) in [7, 11) is 0. The summed E-state index contributed by atoms with van der Waals surface area (Å²) in [5, 5.41) is 3.39. The second-order valence-electron chi connectivity index (χ2n) is 4.99. The molecule has 0 radical (unpaired) electrons. The van der Waals surface area contributed by atoms with Gasteiger partial charge in [0.25, 0.3) is 0 Å². The Bertz CT molecular complexity index is 501. The van der Waals surface area contributed by atoms with Crippen LogP contribution in [0.3, 0.4) is 0 Å². The van der Waals surface area contributed by atoms with Crippen LogP contribution in [0.1, 0.15) is 5.56 Å². The van der Waals surface area contributed by atoms with Crippen molar-refractivity contribution in [2.45, 2.75) is 6.92 Å². The van der Waals surface area contributed by atoms with Crippen molar-refractivity contribution in [2.75, 3.05) is 42.6 Å². The van der Waals surface area contributed by atoms with Gasteiger partial charge in [-0.05, 0) is 36.8 Å². The van der Waals surface area contributed by atoms with E-state index in [1.54, 1.807) is 0 Å². The summed E-state index contributed by atoms with van der Waals surface area (Å²) in [6.07, 6.45) is 5.90. The lowest BCUT2D eigenvalue weighted by molar-refractivity contribution is 0.588. The number of hydrogen-bond donors (Lipinski definition) is 1. The van der Waals surface area contributed by atoms with E-state index < -0.39 is 0 Å². The van der Waals surface area contributed by atoms with Crippen LogP contribution < -0.4 is 15.1 Å². The van der Waals surface area contributed by atoms with Gasteiger partial charge in [-0.15, -0.1) is 0 Å². The van der Waals surface area contributed by atoms with Crippen LogP contribution in [0.4, 0.5) is 11.4 Å². The molecule has 0 bridgehead atoms. The first-order valence-electron chi connectivity index (χ1n) is 6.84. The molecule has 2 aliphatic heterocycles. The monoisotopic (exact) mass is 256 g/mol. The van der Waals surface area contributed by atoms with Gasteiger partial charge in [-0.2, -0.15) is 0 Å². The van der Waals surface area contributed by atoms with Gasteiger partial charge in [-0.25, -0.2) is 0 Å². The minimum atomic E-state index is 0.711. The zero-order chi connectivity index (χ0) is 13.1. The van der Waals surface area contributed by atoms with Crippen LogP contribution >= 0.6 is 0 Å². The van der Waals surface area contributed by atoms with E-state index in [2.05, 4.69) is 51.4 Å². The van der Waals surface area contributed by atoms with E-state index in [-0.39, 0.29) is 0 Å². The number of rotatable bonds is 2. The summed E-state index contributed by atoms with van der Waals surface area (Å²) < 4.78 is 0. The zero-order valence-electron chi connectivity index (χ0n) is 11.3. The highest BCUT2D eigenvalue weighted by Crippen LogP contribution is 2.26. The molecule has 0 aromatic heterocycles. The summed E-state index contributed by atoms with van der Waals surface area (Å²) in [5.41, 5.74) is 3.90. The van der Waals surface area contributed by atoms with Crippen molar-refractivity contribution >= 4 is 17.6 Å². The maximum absolute atomic E-state index is 4.27. The van der Waals surface area contributed by atoms with Crippen molar-refractivity contribution in [3.05, 3.63) is 36.0 Å². The third-order valence-corrected chi connectivity index (χ3v) is 3.66. The van der Waals surface area contributed by atoms with Gasteiger partial charge in [-0.1, -0.05) is 0 Å². The van der Waals surface area contributed by atoms with Gasteiger partial charge >= 0.3 is 0 Å². The Morgan fingerprint density at radius 3 is 2.74 bits per heavy atom. The van der Waals surface area contributed by atoms with E-state index in [0.29, 0.717) is 6.67 Å². The van der Waals surface area contributed by atoms with E-state index in [4.69, 9.17) is 0 Å². The zero-order valence-corrected chi connectivity index (χ0v) is 11.3. The van der Waals surface area contributed by atoms with Crippen LogP contribution in [0.2, 0.25) is 0 Å². The van der Waals surface area contributed by atoms with Gasteiger partial charge in [0.05, 0.1) is 0 Å². The van der Waals surface area contributed by atoms with Crippen LogP contribution in [0.5, 0.6) is 0 Å². The fraction of sp³-hybridized carbons (Fsp3) is 0.400. The molecule has 0 unspecified atom stereocenters. The summed E-state index contributed by atoms with van der Waals surface area (Å²) in [4.78, 5) is 8.89. The van der Waals surface area contributed by atoms with Crippen molar-refractivity contribution in [2.24, 2.45) is 4.99 Å². The first-order valence-corrected chi connectivity index (χ1v) is 6.84. The average molecular weight is 256 g/mol. The number of aryl methyl sites for hydroxylation is 1. The molecule has 0 amide bonds. The molecule has 2 heterocycles. The molecule has 0 spiro atoms. The maximum atomic E-state index is 4.27. The molecule has 1 fully saturated rings. The smallest absolute Gasteiger partial charge is 0.114 e. The Hall–Kier alpha value is -1.81. The molecule has 1 aromatic carbocycles. The number of nitrogens with one attached hydrogen (secondary N) is 1. The quantitative estimate of drug-likeness (QED) is 0.875. The van der Waals surface area contributed by atoms with Gasteiger partial charge in [-0.3, -0.25) is 4.99 Å². The highest BCUT2D eigenvalue weighted by molar-refractivity contribution is 5.74. The number of aliphatic imine (C=N–C) groups is 1. The molecule has 4 nitrogen and oxygen atoms in total. The summed E-state index contributed by atoms with van der Waals surface area (Å²) in [6, 6.07) is 6.68. The Morgan fingerprint density at radius 1 is 1.21 bits per heavy atom. The SMILES string of the molecule is Cc1cc(N2C=CC=NC2)ccc1N1CCNCC1. The van der Waals surface area contributed by atoms with E-state index in [9.17, 15) is 0 Å². The van der Waals surface area contributed by atoms with Gasteiger partial charge in [0, 0.05) is 50.0 Å². The third kappa shape index (κ3) is 2.63. The second-order valence-corrected chi connectivity index (χ2v) is 4.99. The Labute approximate surface area is 114 Å². The molecular weight excluding hydrogens is 236 g/mol. The Kier molecular flexibility index (Phi) is 3.51. The van der Waals surface area contributed by atoms with Crippen LogP contribution in [-0.4, -0.2) is 39.1 Å². The molecular formula is C15H20N4. The number of anilines is 2. The van der Waals surface area contributed by atoms with E-state index in [1.807, 2.05) is 12.3 Å². The molecule has 19 heavy (non-hydrogen) atoms. The van der Waals surface area contributed by atoms with Crippen LogP contribution in [-0.2, 0) is 0 Å². The number of benzene rings is 1. The second kappa shape index (κ2) is 5.45. The van der Waals surface area contributed by atoms with Gasteiger partial charge in [0.2, 0.25) is 0 Å². The highest BCUT2D eigenvalue weighted by atomic mass is 15.2. The van der Waals surface area contributed by atoms with Gasteiger partial charge in [0.15, 0.2) is 0 Å². The molecule has 0 aliphatic carbocycles. The third-order valence-electron chi connectivity index (χ3n) is 3.66. The molecule has 3 rings (SSSR count). The topological polar surface area (TPSA) is 30.9 Å². The number of hydrogen-bond acceptors (Lipinski definition) is 4. The average Bonchev–Trinajstić information content (AvgIpc) is 2.49. The Morgan fingerprint density at radius 2 is 2.05 bits per heavy atom.